The van der Waals surface area contributed by atoms with Gasteiger partial charge in [-0.2, -0.15) is 0 Å². The third-order valence-electron chi connectivity index (χ3n) is 2.46. The van der Waals surface area contributed by atoms with E-state index in [1.54, 1.807) is 0 Å². The number of carbonyl (C=O) groups is 2. The molecule has 1 rings (SSSR count). The van der Waals surface area contributed by atoms with Crippen molar-refractivity contribution in [2.45, 2.75) is 25.7 Å². The molecule has 0 aliphatic heterocycles. The second kappa shape index (κ2) is 7.17. The number of terminal acetylenes is 1. The first kappa shape index (κ1) is 14.7. The fourth-order valence-electron chi connectivity index (χ4n) is 1.53. The summed E-state index contributed by atoms with van der Waals surface area (Å²) in [4.78, 5) is 22.5. The van der Waals surface area contributed by atoms with Crippen LogP contribution >= 0.6 is 0 Å². The van der Waals surface area contributed by atoms with Crippen molar-refractivity contribution >= 4 is 17.6 Å². The number of hydrogen-bond acceptors (Lipinski definition) is 2. The van der Waals surface area contributed by atoms with Gasteiger partial charge in [0.1, 0.15) is 5.82 Å². The second-order valence-electron chi connectivity index (χ2n) is 3.95. The normalized spacial score (nSPS) is 9.68. The summed E-state index contributed by atoms with van der Waals surface area (Å²) >= 11 is 0. The number of anilines is 1. The van der Waals surface area contributed by atoms with E-state index in [1.807, 2.05) is 0 Å². The Labute approximate surface area is 110 Å². The number of rotatable bonds is 6. The van der Waals surface area contributed by atoms with Gasteiger partial charge in [0, 0.05) is 12.8 Å². The lowest BCUT2D eigenvalue weighted by Gasteiger charge is -2.08. The number of hydrogen-bond donors (Lipinski definition) is 2. The van der Waals surface area contributed by atoms with E-state index in [2.05, 4.69) is 11.2 Å². The van der Waals surface area contributed by atoms with Gasteiger partial charge in [0.15, 0.2) is 0 Å². The summed E-state index contributed by atoms with van der Waals surface area (Å²) < 4.78 is 13.0. The standard InChI is InChI=1S/C14H14FNO3/c1-2-3-4-5-6-13(17)16-12-9-10(15)7-8-11(12)14(18)19/h1,7-9H,3-6H2,(H,16,17)(H,18,19). The molecule has 0 aromatic heterocycles. The third-order valence-corrected chi connectivity index (χ3v) is 2.46. The van der Waals surface area contributed by atoms with Crippen LogP contribution in [-0.4, -0.2) is 17.0 Å². The van der Waals surface area contributed by atoms with Crippen LogP contribution in [0, 0.1) is 18.2 Å². The van der Waals surface area contributed by atoms with Crippen molar-refractivity contribution in [1.82, 2.24) is 0 Å². The highest BCUT2D eigenvalue weighted by molar-refractivity contribution is 6.00. The second-order valence-corrected chi connectivity index (χ2v) is 3.95. The average molecular weight is 263 g/mol. The Morgan fingerprint density at radius 2 is 2.11 bits per heavy atom. The summed E-state index contributed by atoms with van der Waals surface area (Å²) in [6, 6.07) is 3.14. The number of carbonyl (C=O) groups excluding carboxylic acids is 1. The topological polar surface area (TPSA) is 66.4 Å². The van der Waals surface area contributed by atoms with E-state index in [-0.39, 0.29) is 23.6 Å². The number of aromatic carboxylic acids is 1. The molecule has 0 saturated heterocycles. The lowest BCUT2D eigenvalue weighted by Crippen LogP contribution is -2.14. The zero-order valence-electron chi connectivity index (χ0n) is 10.3. The quantitative estimate of drug-likeness (QED) is 0.612. The van der Waals surface area contributed by atoms with E-state index in [4.69, 9.17) is 11.5 Å². The minimum absolute atomic E-state index is 0.0329. The third kappa shape index (κ3) is 4.80. The largest absolute Gasteiger partial charge is 0.478 e. The fraction of sp³-hybridized carbons (Fsp3) is 0.286. The van der Waals surface area contributed by atoms with Crippen molar-refractivity contribution < 1.29 is 19.1 Å². The average Bonchev–Trinajstić information content (AvgIpc) is 2.34. The number of carboxylic acid groups (broad SMARTS) is 1. The lowest BCUT2D eigenvalue weighted by molar-refractivity contribution is -0.116. The van der Waals surface area contributed by atoms with E-state index < -0.39 is 11.8 Å². The molecule has 0 radical (unpaired) electrons. The van der Waals surface area contributed by atoms with Crippen molar-refractivity contribution in [2.75, 3.05) is 5.32 Å². The first-order valence-corrected chi connectivity index (χ1v) is 5.80. The maximum Gasteiger partial charge on any atom is 0.337 e. The molecule has 4 nitrogen and oxygen atoms in total. The van der Waals surface area contributed by atoms with Gasteiger partial charge in [-0.05, 0) is 31.0 Å². The summed E-state index contributed by atoms with van der Waals surface area (Å²) in [5, 5.41) is 11.3. The molecule has 0 spiro atoms. The Kier molecular flexibility index (Phi) is 5.55. The van der Waals surface area contributed by atoms with E-state index in [0.29, 0.717) is 12.8 Å². The molecule has 0 fully saturated rings. The SMILES string of the molecule is C#CCCCCC(=O)Nc1cc(F)ccc1C(=O)O. The molecular formula is C14H14FNO3. The monoisotopic (exact) mass is 263 g/mol. The van der Waals surface area contributed by atoms with Crippen LogP contribution < -0.4 is 5.32 Å². The summed E-state index contributed by atoms with van der Waals surface area (Å²) in [6.07, 6.45) is 7.22. The van der Waals surface area contributed by atoms with E-state index in [1.165, 1.54) is 0 Å². The number of benzene rings is 1. The van der Waals surface area contributed by atoms with Crippen molar-refractivity contribution in [1.29, 1.82) is 0 Å². The summed E-state index contributed by atoms with van der Waals surface area (Å²) in [7, 11) is 0. The zero-order valence-corrected chi connectivity index (χ0v) is 10.3. The molecule has 0 saturated carbocycles. The Hall–Kier alpha value is -2.35. The molecule has 100 valence electrons. The summed E-state index contributed by atoms with van der Waals surface area (Å²) in [5.41, 5.74) is -0.173. The Morgan fingerprint density at radius 1 is 1.37 bits per heavy atom. The van der Waals surface area contributed by atoms with E-state index in [0.717, 1.165) is 24.6 Å². The first-order chi connectivity index (χ1) is 9.04. The predicted octanol–water partition coefficient (Wildman–Crippen LogP) is 2.66. The predicted molar refractivity (Wildman–Crippen MR) is 69.3 cm³/mol. The first-order valence-electron chi connectivity index (χ1n) is 5.80. The van der Waals surface area contributed by atoms with Crippen LogP contribution in [-0.2, 0) is 4.79 Å². The van der Waals surface area contributed by atoms with Crippen LogP contribution in [0.3, 0.4) is 0 Å². The highest BCUT2D eigenvalue weighted by Gasteiger charge is 2.13. The number of carboxylic acids is 1. The minimum Gasteiger partial charge on any atom is -0.478 e. The van der Waals surface area contributed by atoms with Crippen LogP contribution in [0.25, 0.3) is 0 Å². The van der Waals surface area contributed by atoms with Gasteiger partial charge >= 0.3 is 5.97 Å². The summed E-state index contributed by atoms with van der Waals surface area (Å²) in [5.74, 6) is 0.283. The molecule has 1 aromatic carbocycles. The van der Waals surface area contributed by atoms with Crippen LogP contribution in [0.15, 0.2) is 18.2 Å². The highest BCUT2D eigenvalue weighted by Crippen LogP contribution is 2.18. The van der Waals surface area contributed by atoms with Gasteiger partial charge in [-0.25, -0.2) is 9.18 Å². The molecule has 0 heterocycles. The number of halogens is 1. The maximum atomic E-state index is 13.0. The minimum atomic E-state index is -1.22. The molecule has 1 aromatic rings. The number of unbranched alkanes of at least 4 members (excludes halogenated alkanes) is 2. The van der Waals surface area contributed by atoms with Gasteiger partial charge in [-0.15, -0.1) is 12.3 Å². The van der Waals surface area contributed by atoms with Crippen LogP contribution in [0.4, 0.5) is 10.1 Å². The molecule has 0 bridgehead atoms. The molecule has 0 aliphatic carbocycles. The molecule has 0 unspecified atom stereocenters. The van der Waals surface area contributed by atoms with Crippen molar-refractivity contribution in [3.05, 3.63) is 29.6 Å². The Balaban J connectivity index is 2.65. The maximum absolute atomic E-state index is 13.0. The van der Waals surface area contributed by atoms with E-state index in [9.17, 15) is 14.0 Å². The molecule has 1 amide bonds. The van der Waals surface area contributed by atoms with Crippen molar-refractivity contribution in [2.24, 2.45) is 0 Å². The van der Waals surface area contributed by atoms with Crippen LogP contribution in [0.5, 0.6) is 0 Å². The summed E-state index contributed by atoms with van der Waals surface area (Å²) in [6.45, 7) is 0. The molecule has 19 heavy (non-hydrogen) atoms. The van der Waals surface area contributed by atoms with Gasteiger partial charge in [0.05, 0.1) is 11.3 Å². The van der Waals surface area contributed by atoms with Gasteiger partial charge in [-0.1, -0.05) is 0 Å². The zero-order chi connectivity index (χ0) is 14.3. The smallest absolute Gasteiger partial charge is 0.337 e. The van der Waals surface area contributed by atoms with Gasteiger partial charge in [0.25, 0.3) is 0 Å². The number of nitrogens with one attached hydrogen (secondary N) is 1. The number of amides is 1. The molecule has 0 atom stereocenters. The van der Waals surface area contributed by atoms with Crippen molar-refractivity contribution in [3.63, 3.8) is 0 Å². The van der Waals surface area contributed by atoms with Gasteiger partial charge < -0.3 is 10.4 Å². The van der Waals surface area contributed by atoms with Crippen molar-refractivity contribution in [3.8, 4) is 12.3 Å². The highest BCUT2D eigenvalue weighted by atomic mass is 19.1. The van der Waals surface area contributed by atoms with Gasteiger partial charge in [0.2, 0.25) is 5.91 Å². The fourth-order valence-corrected chi connectivity index (χ4v) is 1.53. The Morgan fingerprint density at radius 3 is 2.74 bits per heavy atom. The molecule has 5 heteroatoms. The van der Waals surface area contributed by atoms with Gasteiger partial charge in [-0.3, -0.25) is 4.79 Å². The van der Waals surface area contributed by atoms with Crippen LogP contribution in [0.1, 0.15) is 36.0 Å². The lowest BCUT2D eigenvalue weighted by atomic mass is 10.1. The molecule has 0 aliphatic rings. The Bertz CT molecular complexity index is 520. The molecule has 2 N–H and O–H groups in total. The van der Waals surface area contributed by atoms with E-state index >= 15 is 0 Å². The van der Waals surface area contributed by atoms with Crippen LogP contribution in [0.2, 0.25) is 0 Å². The molecular weight excluding hydrogens is 249 g/mol.